The van der Waals surface area contributed by atoms with Crippen LogP contribution in [0.5, 0.6) is 5.75 Å². The lowest BCUT2D eigenvalue weighted by Crippen LogP contribution is -1.96. The number of unbranched alkanes of at least 4 members (excludes halogenated alkanes) is 3. The highest BCUT2D eigenvalue weighted by Gasteiger charge is 2.00. The summed E-state index contributed by atoms with van der Waals surface area (Å²) in [4.78, 5) is 0. The predicted molar refractivity (Wildman–Crippen MR) is 91.7 cm³/mol. The normalized spacial score (nSPS) is 10.4. The van der Waals surface area contributed by atoms with Crippen molar-refractivity contribution in [3.8, 4) is 16.9 Å². The Morgan fingerprint density at radius 1 is 0.870 bits per heavy atom. The number of rotatable bonds is 8. The SMILES string of the molecule is CCCCCCOc1ccc(-c2ccc(C=C(F)F)cc2)cc1. The predicted octanol–water partition coefficient (Wildman–Crippen LogP) is 6.55. The first-order valence-corrected chi connectivity index (χ1v) is 8.05. The smallest absolute Gasteiger partial charge is 0.270 e. The van der Waals surface area contributed by atoms with Crippen LogP contribution < -0.4 is 4.74 Å². The highest BCUT2D eigenvalue weighted by Crippen LogP contribution is 2.23. The summed E-state index contributed by atoms with van der Waals surface area (Å²) >= 11 is 0. The van der Waals surface area contributed by atoms with E-state index >= 15 is 0 Å². The lowest BCUT2D eigenvalue weighted by Gasteiger charge is -2.07. The van der Waals surface area contributed by atoms with Crippen LogP contribution >= 0.6 is 0 Å². The summed E-state index contributed by atoms with van der Waals surface area (Å²) in [5.74, 6) is 0.865. The third-order valence-corrected chi connectivity index (χ3v) is 3.64. The highest BCUT2D eigenvalue weighted by molar-refractivity contribution is 5.66. The van der Waals surface area contributed by atoms with Crippen molar-refractivity contribution in [3.63, 3.8) is 0 Å². The zero-order valence-electron chi connectivity index (χ0n) is 13.4. The van der Waals surface area contributed by atoms with Crippen LogP contribution in [0.25, 0.3) is 17.2 Å². The molecule has 0 aliphatic heterocycles. The van der Waals surface area contributed by atoms with Crippen molar-refractivity contribution >= 4 is 6.08 Å². The van der Waals surface area contributed by atoms with Crippen LogP contribution in [0.15, 0.2) is 54.6 Å². The second kappa shape index (κ2) is 9.09. The minimum absolute atomic E-state index is 0.501. The Hall–Kier alpha value is -2.16. The summed E-state index contributed by atoms with van der Waals surface area (Å²) in [7, 11) is 0. The van der Waals surface area contributed by atoms with Crippen LogP contribution in [-0.2, 0) is 0 Å². The Labute approximate surface area is 136 Å². The molecule has 0 heterocycles. The van der Waals surface area contributed by atoms with Crippen molar-refractivity contribution in [1.29, 1.82) is 0 Å². The molecule has 0 aliphatic carbocycles. The van der Waals surface area contributed by atoms with E-state index in [-0.39, 0.29) is 0 Å². The minimum Gasteiger partial charge on any atom is -0.494 e. The van der Waals surface area contributed by atoms with Crippen molar-refractivity contribution < 1.29 is 13.5 Å². The second-order valence-corrected chi connectivity index (χ2v) is 5.49. The molecule has 0 aliphatic rings. The third-order valence-electron chi connectivity index (χ3n) is 3.64. The summed E-state index contributed by atoms with van der Waals surface area (Å²) in [5, 5.41) is 0. The number of hydrogen-bond donors (Lipinski definition) is 0. The van der Waals surface area contributed by atoms with Gasteiger partial charge in [-0.25, -0.2) is 0 Å². The molecule has 0 bridgehead atoms. The van der Waals surface area contributed by atoms with Gasteiger partial charge in [0, 0.05) is 6.08 Å². The van der Waals surface area contributed by atoms with E-state index in [0.717, 1.165) is 36.0 Å². The van der Waals surface area contributed by atoms with Gasteiger partial charge in [0.25, 0.3) is 6.08 Å². The molecular formula is C20H22F2O. The molecule has 0 radical (unpaired) electrons. The van der Waals surface area contributed by atoms with E-state index < -0.39 is 6.08 Å². The average molecular weight is 316 g/mol. The standard InChI is InChI=1S/C20H22F2O/c1-2-3-4-5-14-23-19-12-10-18(11-13-19)17-8-6-16(7-9-17)15-20(21)22/h6-13,15H,2-5,14H2,1H3. The maximum Gasteiger partial charge on any atom is 0.270 e. The molecular weight excluding hydrogens is 294 g/mol. The molecule has 0 saturated heterocycles. The maximum atomic E-state index is 12.2. The van der Waals surface area contributed by atoms with Gasteiger partial charge < -0.3 is 4.74 Å². The second-order valence-electron chi connectivity index (χ2n) is 5.49. The third kappa shape index (κ3) is 5.85. The first-order valence-electron chi connectivity index (χ1n) is 8.05. The molecule has 23 heavy (non-hydrogen) atoms. The molecule has 0 amide bonds. The fourth-order valence-electron chi connectivity index (χ4n) is 2.36. The van der Waals surface area contributed by atoms with E-state index in [2.05, 4.69) is 6.92 Å². The number of hydrogen-bond acceptors (Lipinski definition) is 1. The molecule has 3 heteroatoms. The molecule has 0 fully saturated rings. The average Bonchev–Trinajstić information content (AvgIpc) is 2.55. The fraction of sp³-hybridized carbons (Fsp3) is 0.300. The Balaban J connectivity index is 1.92. The van der Waals surface area contributed by atoms with Gasteiger partial charge in [-0.15, -0.1) is 0 Å². The van der Waals surface area contributed by atoms with E-state index in [1.807, 2.05) is 36.4 Å². The Morgan fingerprint density at radius 3 is 2.04 bits per heavy atom. The molecule has 0 saturated carbocycles. The fourth-order valence-corrected chi connectivity index (χ4v) is 2.36. The number of halogens is 2. The van der Waals surface area contributed by atoms with Gasteiger partial charge in [0.05, 0.1) is 6.61 Å². The zero-order chi connectivity index (χ0) is 16.5. The van der Waals surface area contributed by atoms with Crippen molar-refractivity contribution in [1.82, 2.24) is 0 Å². The van der Waals surface area contributed by atoms with E-state index in [1.165, 1.54) is 19.3 Å². The Kier molecular flexibility index (Phi) is 6.79. The Bertz CT molecular complexity index is 611. The molecule has 0 aromatic heterocycles. The highest BCUT2D eigenvalue weighted by atomic mass is 19.3. The van der Waals surface area contributed by atoms with Crippen LogP contribution in [0, 0.1) is 0 Å². The van der Waals surface area contributed by atoms with Gasteiger partial charge in [-0.2, -0.15) is 8.78 Å². The summed E-state index contributed by atoms with van der Waals surface area (Å²) < 4.78 is 30.1. The molecule has 122 valence electrons. The van der Waals surface area contributed by atoms with Crippen LogP contribution in [0.4, 0.5) is 8.78 Å². The van der Waals surface area contributed by atoms with Crippen molar-refractivity contribution in [2.24, 2.45) is 0 Å². The van der Waals surface area contributed by atoms with E-state index in [4.69, 9.17) is 4.74 Å². The summed E-state index contributed by atoms with van der Waals surface area (Å²) in [6.45, 7) is 2.94. The van der Waals surface area contributed by atoms with Crippen LogP contribution in [-0.4, -0.2) is 6.61 Å². The monoisotopic (exact) mass is 316 g/mol. The van der Waals surface area contributed by atoms with Gasteiger partial charge >= 0.3 is 0 Å². The van der Waals surface area contributed by atoms with Gasteiger partial charge in [-0.1, -0.05) is 62.6 Å². The topological polar surface area (TPSA) is 9.23 Å². The van der Waals surface area contributed by atoms with Crippen LogP contribution in [0.1, 0.15) is 38.2 Å². The molecule has 0 spiro atoms. The Morgan fingerprint density at radius 2 is 1.48 bits per heavy atom. The molecule has 0 atom stereocenters. The lowest BCUT2D eigenvalue weighted by molar-refractivity contribution is 0.305. The molecule has 2 rings (SSSR count). The van der Waals surface area contributed by atoms with Crippen molar-refractivity contribution in [2.45, 2.75) is 32.6 Å². The lowest BCUT2D eigenvalue weighted by atomic mass is 10.0. The molecule has 0 N–H and O–H groups in total. The van der Waals surface area contributed by atoms with Crippen LogP contribution in [0.2, 0.25) is 0 Å². The first-order chi connectivity index (χ1) is 11.2. The molecule has 0 unspecified atom stereocenters. The van der Waals surface area contributed by atoms with E-state index in [0.29, 0.717) is 5.56 Å². The van der Waals surface area contributed by atoms with Crippen molar-refractivity contribution in [3.05, 3.63) is 60.2 Å². The molecule has 2 aromatic rings. The number of ether oxygens (including phenoxy) is 1. The van der Waals surface area contributed by atoms with Gasteiger partial charge in [0.2, 0.25) is 0 Å². The molecule has 1 nitrogen and oxygen atoms in total. The quantitative estimate of drug-likeness (QED) is 0.502. The maximum absolute atomic E-state index is 12.2. The van der Waals surface area contributed by atoms with E-state index in [1.54, 1.807) is 12.1 Å². The first kappa shape index (κ1) is 17.2. The zero-order valence-corrected chi connectivity index (χ0v) is 13.4. The summed E-state index contributed by atoms with van der Waals surface area (Å²) in [6, 6.07) is 14.9. The minimum atomic E-state index is -1.68. The van der Waals surface area contributed by atoms with E-state index in [9.17, 15) is 8.78 Å². The summed E-state index contributed by atoms with van der Waals surface area (Å²) in [6.07, 6.45) is 3.93. The van der Waals surface area contributed by atoms with Gasteiger partial charge in [-0.05, 0) is 35.2 Å². The van der Waals surface area contributed by atoms with Gasteiger partial charge in [0.1, 0.15) is 5.75 Å². The van der Waals surface area contributed by atoms with Crippen molar-refractivity contribution in [2.75, 3.05) is 6.61 Å². The molecule has 2 aromatic carbocycles. The van der Waals surface area contributed by atoms with Gasteiger partial charge in [0.15, 0.2) is 0 Å². The number of benzene rings is 2. The largest absolute Gasteiger partial charge is 0.494 e. The van der Waals surface area contributed by atoms with Gasteiger partial charge in [-0.3, -0.25) is 0 Å². The van der Waals surface area contributed by atoms with Crippen LogP contribution in [0.3, 0.4) is 0 Å². The summed E-state index contributed by atoms with van der Waals surface area (Å²) in [5.41, 5.74) is 2.54.